The Labute approximate surface area is 202 Å². The molecule has 1 fully saturated rings. The summed E-state index contributed by atoms with van der Waals surface area (Å²) in [7, 11) is 1.64. The molecule has 0 aliphatic carbocycles. The molecule has 0 aromatic heterocycles. The fourth-order valence-electron chi connectivity index (χ4n) is 4.37. The Balaban J connectivity index is 0.00000363. The van der Waals surface area contributed by atoms with Gasteiger partial charge in [-0.3, -0.25) is 9.59 Å². The number of fused-ring (bicyclic) bond motifs is 1. The SMILES string of the molecule is COCCCN1C(=O)C(C)(C)Oc2cc(Cl)c(C(=O)N(C(C)C)[C@@H]3CCCNC3)cc21.Cl. The van der Waals surface area contributed by atoms with E-state index in [9.17, 15) is 9.59 Å². The van der Waals surface area contributed by atoms with Gasteiger partial charge >= 0.3 is 0 Å². The minimum Gasteiger partial charge on any atom is -0.476 e. The summed E-state index contributed by atoms with van der Waals surface area (Å²) in [4.78, 5) is 30.3. The van der Waals surface area contributed by atoms with Crippen molar-refractivity contribution in [3.63, 3.8) is 0 Å². The summed E-state index contributed by atoms with van der Waals surface area (Å²) >= 11 is 6.58. The molecule has 0 unspecified atom stereocenters. The molecule has 2 amide bonds. The van der Waals surface area contributed by atoms with Crippen LogP contribution < -0.4 is 15.0 Å². The fraction of sp³-hybridized carbons (Fsp3) is 0.652. The summed E-state index contributed by atoms with van der Waals surface area (Å²) in [5.74, 6) is 0.249. The number of anilines is 1. The molecule has 0 bridgehead atoms. The minimum atomic E-state index is -1.01. The molecule has 2 aliphatic rings. The standard InChI is InChI=1S/C23H34ClN3O4.ClH/c1-15(2)27(16-8-6-9-25-14-16)21(28)17-12-19-20(13-18(17)24)31-23(3,4)22(29)26(19)10-7-11-30-5;/h12-13,15-16,25H,6-11,14H2,1-5H3;1H/t16-;/m1./s1. The lowest BCUT2D eigenvalue weighted by Gasteiger charge is -2.40. The van der Waals surface area contributed by atoms with Gasteiger partial charge in [0.1, 0.15) is 5.75 Å². The van der Waals surface area contributed by atoms with Crippen LogP contribution in [0, 0.1) is 0 Å². The molecule has 1 N–H and O–H groups in total. The number of carbonyl (C=O) groups is 2. The Morgan fingerprint density at radius 3 is 2.72 bits per heavy atom. The van der Waals surface area contributed by atoms with Crippen LogP contribution in [0.5, 0.6) is 5.75 Å². The lowest BCUT2D eigenvalue weighted by molar-refractivity contribution is -0.132. The highest BCUT2D eigenvalue weighted by molar-refractivity contribution is 6.34. The van der Waals surface area contributed by atoms with Crippen molar-refractivity contribution in [1.29, 1.82) is 0 Å². The van der Waals surface area contributed by atoms with Gasteiger partial charge in [-0.05, 0) is 59.6 Å². The molecule has 1 atom stereocenters. The molecular formula is C23H35Cl2N3O4. The maximum Gasteiger partial charge on any atom is 0.270 e. The van der Waals surface area contributed by atoms with E-state index in [4.69, 9.17) is 21.1 Å². The van der Waals surface area contributed by atoms with Crippen LogP contribution in [0.25, 0.3) is 0 Å². The first-order valence-corrected chi connectivity index (χ1v) is 11.4. The molecule has 2 aliphatic heterocycles. The van der Waals surface area contributed by atoms with Crippen molar-refractivity contribution < 1.29 is 19.1 Å². The molecule has 7 nitrogen and oxygen atoms in total. The van der Waals surface area contributed by atoms with E-state index in [0.717, 1.165) is 25.9 Å². The topological polar surface area (TPSA) is 71.1 Å². The zero-order valence-electron chi connectivity index (χ0n) is 19.6. The third-order valence-corrected chi connectivity index (χ3v) is 6.19. The number of amides is 2. The zero-order valence-corrected chi connectivity index (χ0v) is 21.1. The molecule has 1 aromatic carbocycles. The molecule has 0 radical (unpaired) electrons. The lowest BCUT2D eigenvalue weighted by Crippen LogP contribution is -2.53. The van der Waals surface area contributed by atoms with E-state index in [0.29, 0.717) is 41.6 Å². The zero-order chi connectivity index (χ0) is 22.8. The average Bonchev–Trinajstić information content (AvgIpc) is 2.71. The maximum atomic E-state index is 13.6. The molecule has 1 aromatic rings. The molecule has 0 spiro atoms. The molecule has 180 valence electrons. The monoisotopic (exact) mass is 487 g/mol. The second-order valence-electron chi connectivity index (χ2n) is 9.02. The summed E-state index contributed by atoms with van der Waals surface area (Å²) in [6.07, 6.45) is 2.66. The summed E-state index contributed by atoms with van der Waals surface area (Å²) in [5, 5.41) is 3.71. The minimum absolute atomic E-state index is 0. The number of piperidine rings is 1. The van der Waals surface area contributed by atoms with Crippen LogP contribution in [0.15, 0.2) is 12.1 Å². The summed E-state index contributed by atoms with van der Waals surface area (Å²) in [5.41, 5.74) is -0.0293. The van der Waals surface area contributed by atoms with E-state index in [1.54, 1.807) is 38.0 Å². The van der Waals surface area contributed by atoms with Crippen LogP contribution in [0.4, 0.5) is 5.69 Å². The Kier molecular flexibility index (Phi) is 9.23. The van der Waals surface area contributed by atoms with Crippen LogP contribution in [0.3, 0.4) is 0 Å². The predicted molar refractivity (Wildman–Crippen MR) is 129 cm³/mol. The predicted octanol–water partition coefficient (Wildman–Crippen LogP) is 3.90. The van der Waals surface area contributed by atoms with E-state index >= 15 is 0 Å². The second-order valence-corrected chi connectivity index (χ2v) is 9.43. The quantitative estimate of drug-likeness (QED) is 0.590. The van der Waals surface area contributed by atoms with Crippen LogP contribution in [-0.2, 0) is 9.53 Å². The number of hydrogen-bond acceptors (Lipinski definition) is 5. The average molecular weight is 488 g/mol. The second kappa shape index (κ2) is 11.1. The van der Waals surface area contributed by atoms with E-state index in [1.165, 1.54) is 0 Å². The summed E-state index contributed by atoms with van der Waals surface area (Å²) in [6, 6.07) is 3.52. The van der Waals surface area contributed by atoms with Crippen molar-refractivity contribution in [2.75, 3.05) is 38.3 Å². The number of ether oxygens (including phenoxy) is 2. The number of nitrogens with one attached hydrogen (secondary N) is 1. The molecule has 1 saturated heterocycles. The number of halogens is 2. The third kappa shape index (κ3) is 5.50. The summed E-state index contributed by atoms with van der Waals surface area (Å²) in [6.45, 7) is 10.3. The van der Waals surface area contributed by atoms with Gasteiger partial charge in [0.2, 0.25) is 0 Å². The highest BCUT2D eigenvalue weighted by atomic mass is 35.5. The van der Waals surface area contributed by atoms with Gasteiger partial charge < -0.3 is 24.6 Å². The van der Waals surface area contributed by atoms with E-state index in [1.807, 2.05) is 18.7 Å². The highest BCUT2D eigenvalue weighted by Crippen LogP contribution is 2.41. The Morgan fingerprint density at radius 1 is 1.41 bits per heavy atom. The highest BCUT2D eigenvalue weighted by Gasteiger charge is 2.42. The van der Waals surface area contributed by atoms with Crippen LogP contribution in [-0.4, -0.2) is 67.7 Å². The first kappa shape index (κ1) is 26.7. The summed E-state index contributed by atoms with van der Waals surface area (Å²) < 4.78 is 11.1. The number of nitrogens with zero attached hydrogens (tertiary/aromatic N) is 2. The number of methoxy groups -OCH3 is 1. The molecule has 9 heteroatoms. The van der Waals surface area contributed by atoms with Gasteiger partial charge in [0.05, 0.1) is 16.3 Å². The smallest absolute Gasteiger partial charge is 0.270 e. The molecular weight excluding hydrogens is 453 g/mol. The normalized spacial score (nSPS) is 19.8. The van der Waals surface area contributed by atoms with Crippen molar-refractivity contribution in [3.05, 3.63) is 22.7 Å². The number of benzene rings is 1. The lowest BCUT2D eigenvalue weighted by atomic mass is 10.00. The van der Waals surface area contributed by atoms with Crippen molar-refractivity contribution >= 4 is 41.5 Å². The molecule has 2 heterocycles. The van der Waals surface area contributed by atoms with E-state index in [-0.39, 0.29) is 36.3 Å². The first-order valence-electron chi connectivity index (χ1n) is 11.0. The molecule has 32 heavy (non-hydrogen) atoms. The number of hydrogen-bond donors (Lipinski definition) is 1. The van der Waals surface area contributed by atoms with Gasteiger partial charge in [0.25, 0.3) is 11.8 Å². The van der Waals surface area contributed by atoms with Crippen LogP contribution in [0.2, 0.25) is 5.02 Å². The van der Waals surface area contributed by atoms with Gasteiger partial charge in [-0.2, -0.15) is 0 Å². The Morgan fingerprint density at radius 2 is 2.12 bits per heavy atom. The maximum absolute atomic E-state index is 13.6. The Hall–Kier alpha value is -1.54. The first-order chi connectivity index (χ1) is 14.7. The van der Waals surface area contributed by atoms with Crippen LogP contribution >= 0.6 is 24.0 Å². The molecule has 3 rings (SSSR count). The Bertz CT molecular complexity index is 826. The molecule has 0 saturated carbocycles. The number of rotatable bonds is 7. The number of carbonyl (C=O) groups excluding carboxylic acids is 2. The van der Waals surface area contributed by atoms with Gasteiger partial charge in [0.15, 0.2) is 5.60 Å². The van der Waals surface area contributed by atoms with Gasteiger partial charge in [-0.1, -0.05) is 11.6 Å². The van der Waals surface area contributed by atoms with Crippen molar-refractivity contribution in [2.24, 2.45) is 0 Å². The van der Waals surface area contributed by atoms with Gasteiger partial charge in [-0.25, -0.2) is 0 Å². The van der Waals surface area contributed by atoms with Gasteiger partial charge in [0, 0.05) is 45.0 Å². The van der Waals surface area contributed by atoms with Crippen molar-refractivity contribution in [2.45, 2.75) is 64.6 Å². The largest absolute Gasteiger partial charge is 0.476 e. The van der Waals surface area contributed by atoms with Crippen molar-refractivity contribution in [3.8, 4) is 5.75 Å². The third-order valence-electron chi connectivity index (χ3n) is 5.88. The van der Waals surface area contributed by atoms with E-state index in [2.05, 4.69) is 5.32 Å². The van der Waals surface area contributed by atoms with Crippen LogP contribution in [0.1, 0.15) is 57.3 Å². The van der Waals surface area contributed by atoms with E-state index < -0.39 is 5.60 Å². The fourth-order valence-corrected chi connectivity index (χ4v) is 4.61. The van der Waals surface area contributed by atoms with Crippen molar-refractivity contribution in [1.82, 2.24) is 10.2 Å². The van der Waals surface area contributed by atoms with Gasteiger partial charge in [-0.15, -0.1) is 12.4 Å².